The number of benzene rings is 1. The van der Waals surface area contributed by atoms with Crippen LogP contribution in [0.15, 0.2) is 24.8 Å². The van der Waals surface area contributed by atoms with Gasteiger partial charge in [0, 0.05) is 57.9 Å². The minimum Gasteiger partial charge on any atom is -0.493 e. The van der Waals surface area contributed by atoms with Gasteiger partial charge in [0.15, 0.2) is 11.5 Å². The lowest BCUT2D eigenvalue weighted by Crippen LogP contribution is -2.54. The van der Waals surface area contributed by atoms with Crippen molar-refractivity contribution < 1.29 is 33.6 Å². The molecule has 2 aliphatic rings. The van der Waals surface area contributed by atoms with Gasteiger partial charge in [0.25, 0.3) is 5.91 Å². The number of nitrogens with zero attached hydrogens (tertiary/aromatic N) is 3. The van der Waals surface area contributed by atoms with Crippen LogP contribution in [0.2, 0.25) is 0 Å². The molecule has 2 atom stereocenters. The number of morpholine rings is 1. The van der Waals surface area contributed by atoms with Crippen LogP contribution in [0.4, 0.5) is 0 Å². The molecule has 35 heavy (non-hydrogen) atoms. The van der Waals surface area contributed by atoms with Crippen molar-refractivity contribution in [3.05, 3.63) is 30.4 Å². The van der Waals surface area contributed by atoms with Crippen LogP contribution in [0.25, 0.3) is 0 Å². The summed E-state index contributed by atoms with van der Waals surface area (Å²) in [4.78, 5) is 19.6. The maximum absolute atomic E-state index is 13.2. The number of amides is 1. The summed E-state index contributed by atoms with van der Waals surface area (Å²) in [5, 5.41) is 10.2. The number of ether oxygens (including phenoxy) is 5. The highest BCUT2D eigenvalue weighted by atomic mass is 16.5. The summed E-state index contributed by atoms with van der Waals surface area (Å²) in [6.45, 7) is 10.7. The van der Waals surface area contributed by atoms with E-state index in [1.807, 2.05) is 4.90 Å². The minimum absolute atomic E-state index is 0.0587. The number of β-amino-alcohol motifs (C(OH)–C–C–N with tert-alkyl or cyclic N) is 1. The number of rotatable bonds is 12. The zero-order chi connectivity index (χ0) is 25.2. The normalized spacial score (nSPS) is 20.3. The molecule has 2 saturated heterocycles. The monoisotopic (exact) mass is 493 g/mol. The number of piperazine rings is 1. The first kappa shape index (κ1) is 27.2. The number of carbonyl (C=O) groups excluding carboxylic acids is 1. The van der Waals surface area contributed by atoms with Gasteiger partial charge in [-0.3, -0.25) is 14.6 Å². The highest BCUT2D eigenvalue weighted by Gasteiger charge is 2.28. The van der Waals surface area contributed by atoms with Gasteiger partial charge >= 0.3 is 0 Å². The third-order valence-corrected chi connectivity index (χ3v) is 6.27. The summed E-state index contributed by atoms with van der Waals surface area (Å²) in [5.41, 5.74) is 0.509. The smallest absolute Gasteiger partial charge is 0.254 e. The summed E-state index contributed by atoms with van der Waals surface area (Å²) in [6.07, 6.45) is 1.22. The van der Waals surface area contributed by atoms with Crippen molar-refractivity contribution in [1.29, 1.82) is 0 Å². The van der Waals surface area contributed by atoms with E-state index in [9.17, 15) is 9.90 Å². The lowest BCUT2D eigenvalue weighted by Gasteiger charge is -2.39. The molecule has 0 spiro atoms. The fourth-order valence-corrected chi connectivity index (χ4v) is 4.50. The minimum atomic E-state index is -0.529. The van der Waals surface area contributed by atoms with Crippen LogP contribution in [0, 0.1) is 0 Å². The van der Waals surface area contributed by atoms with Crippen molar-refractivity contribution >= 4 is 5.91 Å². The van der Waals surface area contributed by atoms with E-state index in [-0.39, 0.29) is 12.0 Å². The van der Waals surface area contributed by atoms with Crippen LogP contribution >= 0.6 is 0 Å². The summed E-state index contributed by atoms with van der Waals surface area (Å²) in [7, 11) is 4.61. The molecular weight excluding hydrogens is 454 g/mol. The summed E-state index contributed by atoms with van der Waals surface area (Å²) in [6, 6.07) is 3.38. The van der Waals surface area contributed by atoms with E-state index in [0.29, 0.717) is 62.3 Å². The Morgan fingerprint density at radius 3 is 2.40 bits per heavy atom. The predicted octanol–water partition coefficient (Wildman–Crippen LogP) is 0.735. The van der Waals surface area contributed by atoms with E-state index >= 15 is 0 Å². The zero-order valence-corrected chi connectivity index (χ0v) is 21.1. The molecule has 0 aromatic heterocycles. The Labute approximate surface area is 207 Å². The van der Waals surface area contributed by atoms with Crippen molar-refractivity contribution in [2.45, 2.75) is 12.2 Å². The Bertz CT molecular complexity index is 804. The molecule has 2 aliphatic heterocycles. The quantitative estimate of drug-likeness (QED) is 0.334. The molecule has 2 heterocycles. The average molecular weight is 494 g/mol. The average Bonchev–Trinajstić information content (AvgIpc) is 2.88. The van der Waals surface area contributed by atoms with Gasteiger partial charge in [0.05, 0.1) is 53.4 Å². The van der Waals surface area contributed by atoms with E-state index in [4.69, 9.17) is 23.7 Å². The molecule has 1 aromatic carbocycles. The lowest BCUT2D eigenvalue weighted by molar-refractivity contribution is -0.0626. The second kappa shape index (κ2) is 13.6. The molecule has 0 unspecified atom stereocenters. The van der Waals surface area contributed by atoms with Gasteiger partial charge in [0.1, 0.15) is 0 Å². The zero-order valence-electron chi connectivity index (χ0n) is 21.1. The Morgan fingerprint density at radius 2 is 1.80 bits per heavy atom. The summed E-state index contributed by atoms with van der Waals surface area (Å²) >= 11 is 0. The van der Waals surface area contributed by atoms with E-state index in [1.165, 1.54) is 21.3 Å². The number of aliphatic hydroxyl groups is 1. The fourth-order valence-electron chi connectivity index (χ4n) is 4.50. The maximum Gasteiger partial charge on any atom is 0.254 e. The van der Waals surface area contributed by atoms with Crippen LogP contribution in [-0.4, -0.2) is 131 Å². The Kier molecular flexibility index (Phi) is 10.6. The standard InChI is InChI=1S/C25H39N3O7/c1-5-11-34-18-20(29)15-27-10-12-35-21(17-27)16-26-6-8-28(9-7-26)25(30)19-13-22(31-2)24(33-4)23(14-19)32-3/h5,13-14,20-21,29H,1,6-12,15-18H2,2-4H3/t20-,21-/m1/s1. The van der Waals surface area contributed by atoms with E-state index < -0.39 is 6.10 Å². The van der Waals surface area contributed by atoms with Crippen LogP contribution in [0.5, 0.6) is 17.2 Å². The van der Waals surface area contributed by atoms with Gasteiger partial charge < -0.3 is 33.7 Å². The molecule has 0 radical (unpaired) electrons. The summed E-state index contributed by atoms with van der Waals surface area (Å²) < 4.78 is 27.5. The number of hydrogen-bond donors (Lipinski definition) is 1. The van der Waals surface area contributed by atoms with E-state index in [0.717, 1.165) is 32.7 Å². The van der Waals surface area contributed by atoms with E-state index in [2.05, 4.69) is 16.4 Å². The molecule has 0 aliphatic carbocycles. The molecule has 196 valence electrons. The molecule has 10 heteroatoms. The SMILES string of the molecule is C=CCOC[C@H](O)CN1CCO[C@H](CN2CCN(C(=O)c3cc(OC)c(OC)c(OC)c3)CC2)C1. The van der Waals surface area contributed by atoms with Crippen LogP contribution in [0.3, 0.4) is 0 Å². The van der Waals surface area contributed by atoms with Gasteiger partial charge in [-0.2, -0.15) is 0 Å². The van der Waals surface area contributed by atoms with Crippen molar-refractivity contribution in [3.8, 4) is 17.2 Å². The second-order valence-corrected chi connectivity index (χ2v) is 8.74. The molecule has 1 amide bonds. The predicted molar refractivity (Wildman–Crippen MR) is 132 cm³/mol. The third kappa shape index (κ3) is 7.55. The highest BCUT2D eigenvalue weighted by Crippen LogP contribution is 2.38. The molecule has 1 N–H and O–H groups in total. The molecule has 1 aromatic rings. The van der Waals surface area contributed by atoms with Crippen LogP contribution in [-0.2, 0) is 9.47 Å². The summed E-state index contributed by atoms with van der Waals surface area (Å²) in [5.74, 6) is 1.34. The van der Waals surface area contributed by atoms with Gasteiger partial charge in [-0.05, 0) is 12.1 Å². The Morgan fingerprint density at radius 1 is 1.11 bits per heavy atom. The lowest BCUT2D eigenvalue weighted by atomic mass is 10.1. The molecule has 10 nitrogen and oxygen atoms in total. The van der Waals surface area contributed by atoms with E-state index in [1.54, 1.807) is 18.2 Å². The topological polar surface area (TPSA) is 93.2 Å². The van der Waals surface area contributed by atoms with Gasteiger partial charge in [0.2, 0.25) is 5.75 Å². The first-order chi connectivity index (χ1) is 17.0. The molecular formula is C25H39N3O7. The van der Waals surface area contributed by atoms with Crippen molar-refractivity contribution in [2.75, 3.05) is 93.5 Å². The fraction of sp³-hybridized carbons (Fsp3) is 0.640. The Hall–Kier alpha value is -2.37. The molecule has 0 bridgehead atoms. The molecule has 2 fully saturated rings. The van der Waals surface area contributed by atoms with Gasteiger partial charge in [-0.25, -0.2) is 0 Å². The number of carbonyl (C=O) groups is 1. The first-order valence-electron chi connectivity index (χ1n) is 12.0. The maximum atomic E-state index is 13.2. The number of aliphatic hydroxyl groups excluding tert-OH is 1. The number of hydrogen-bond acceptors (Lipinski definition) is 9. The number of methoxy groups -OCH3 is 3. The highest BCUT2D eigenvalue weighted by molar-refractivity contribution is 5.95. The van der Waals surface area contributed by atoms with Crippen molar-refractivity contribution in [3.63, 3.8) is 0 Å². The van der Waals surface area contributed by atoms with Crippen LogP contribution in [0.1, 0.15) is 10.4 Å². The first-order valence-corrected chi connectivity index (χ1v) is 12.0. The molecule has 3 rings (SSSR count). The van der Waals surface area contributed by atoms with Crippen LogP contribution < -0.4 is 14.2 Å². The Balaban J connectivity index is 1.48. The van der Waals surface area contributed by atoms with Crippen molar-refractivity contribution in [2.24, 2.45) is 0 Å². The van der Waals surface area contributed by atoms with Crippen molar-refractivity contribution in [1.82, 2.24) is 14.7 Å². The third-order valence-electron chi connectivity index (χ3n) is 6.27. The largest absolute Gasteiger partial charge is 0.493 e. The van der Waals surface area contributed by atoms with Gasteiger partial charge in [-0.1, -0.05) is 6.08 Å². The second-order valence-electron chi connectivity index (χ2n) is 8.74. The molecule has 0 saturated carbocycles. The van der Waals surface area contributed by atoms with Gasteiger partial charge in [-0.15, -0.1) is 6.58 Å².